The normalized spacial score (nSPS) is 11.7. The minimum absolute atomic E-state index is 0. The average Bonchev–Trinajstić information content (AvgIpc) is 1.59. The fourth-order valence-electron chi connectivity index (χ4n) is 11.1. The van der Waals surface area contributed by atoms with E-state index in [4.69, 9.17) is 31.0 Å². The molecule has 12 nitrogen and oxygen atoms in total. The van der Waals surface area contributed by atoms with Gasteiger partial charge in [-0.15, -0.1) is 0 Å². The van der Waals surface area contributed by atoms with Crippen LogP contribution in [0.25, 0.3) is 113 Å². The van der Waals surface area contributed by atoms with Gasteiger partial charge < -0.3 is 30.2 Å². The quantitative estimate of drug-likeness (QED) is 0.0760. The molecule has 0 amide bonds. The molecular weight excluding hydrogens is 1300 g/mol. The third-order valence-electron chi connectivity index (χ3n) is 16.3. The molecule has 0 aliphatic carbocycles. The van der Waals surface area contributed by atoms with Gasteiger partial charge in [-0.2, -0.15) is 10.3 Å². The average molecular weight is 1380 g/mol. The van der Waals surface area contributed by atoms with E-state index < -0.39 is 11.9 Å². The number of thiocarbonyl (C=S) groups is 2. The number of nitrogens with zero attached hydrogens (tertiary/aromatic N) is 8. The topological polar surface area (TPSA) is 181 Å². The van der Waals surface area contributed by atoms with Crippen LogP contribution in [0.2, 0.25) is 0 Å². The molecule has 0 aliphatic rings. The Bertz CT molecular complexity index is 4490. The number of benzene rings is 6. The van der Waals surface area contributed by atoms with Crippen molar-refractivity contribution in [1.82, 2.24) is 29.1 Å². The Balaban J connectivity index is 0.000000391. The summed E-state index contributed by atoms with van der Waals surface area (Å²) in [5.41, 5.74) is 19.7. The molecule has 0 saturated carbocycles. The maximum atomic E-state index is 10.8. The van der Waals surface area contributed by atoms with Crippen molar-refractivity contribution in [2.75, 3.05) is 0 Å². The first-order chi connectivity index (χ1) is 44.6. The second-order valence-electron chi connectivity index (χ2n) is 27.0. The zero-order valence-electron chi connectivity index (χ0n) is 55.2. The van der Waals surface area contributed by atoms with Gasteiger partial charge in [0.15, 0.2) is 0 Å². The number of rotatable bonds is 10. The number of isothiocyanates is 2. The molecule has 6 aromatic carbocycles. The smallest absolute Gasteiger partial charge is 0.753 e. The second kappa shape index (κ2) is 29.6. The van der Waals surface area contributed by atoms with Crippen LogP contribution < -0.4 is 0 Å². The molecule has 6 heterocycles. The minimum Gasteiger partial charge on any atom is -0.753 e. The van der Waals surface area contributed by atoms with Gasteiger partial charge in [-0.05, 0) is 187 Å². The monoisotopic (exact) mass is 1380 g/mol. The predicted octanol–water partition coefficient (Wildman–Crippen LogP) is 20.7. The van der Waals surface area contributed by atoms with Gasteiger partial charge in [-0.1, -0.05) is 180 Å². The van der Waals surface area contributed by atoms with E-state index in [1.54, 1.807) is 0 Å². The Kier molecular flexibility index (Phi) is 22.2. The van der Waals surface area contributed by atoms with E-state index in [1.165, 1.54) is 113 Å². The van der Waals surface area contributed by atoms with E-state index in [-0.39, 0.29) is 52.3 Å². The number of fused-ring (bicyclic) bond motifs is 6. The van der Waals surface area contributed by atoms with Crippen molar-refractivity contribution in [3.05, 3.63) is 261 Å². The van der Waals surface area contributed by atoms with Crippen LogP contribution in [-0.4, -0.2) is 61.5 Å². The second-order valence-corrected chi connectivity index (χ2v) is 27.4. The first-order valence-corrected chi connectivity index (χ1v) is 31.5. The van der Waals surface area contributed by atoms with Crippen LogP contribution >= 0.6 is 24.4 Å². The third-order valence-corrected chi connectivity index (χ3v) is 16.3. The summed E-state index contributed by atoms with van der Waals surface area (Å²) in [6.45, 7) is 27.5. The number of hydrogen-bond donors (Lipinski definition) is 2. The number of carboxylic acid groups (broad SMARTS) is 2. The molecule has 478 valence electrons. The Hall–Kier alpha value is -9.84. The molecule has 15 heteroatoms. The molecule has 0 radical (unpaired) electrons. The van der Waals surface area contributed by atoms with Crippen molar-refractivity contribution in [2.45, 2.75) is 105 Å². The molecule has 0 bridgehead atoms. The standard InChI is InChI=1S/C66H66N4.C12H8N2O4.2CNS.Ru/c1-63(2,3)47-21-29-59-53(39-47)54-40-48(64(4,5)6)22-30-60(54)69(59)51-25-17-43(18-26-51)13-15-45-33-35-67-57(37-45)58-38-46(34-36-68-58)16-14-44-19-27-52(28-20-44)70-61-31-23-49(65(7,8)9)41-55(61)56-42-50(66(10,11)12)24-32-62(56)70;15-11(16)7-1-3-13-9(5-7)10-6-8(12(17)18)2-4-14-10;2*2-1-3;/h13-42H,1-12H3;1-6H,(H,15,16)(H,17,18);;;/q;;2*-1;+2/b15-13+,16-14+;;;;. The summed E-state index contributed by atoms with van der Waals surface area (Å²) in [7, 11) is 0. The number of aromatic nitrogens is 6. The molecule has 6 aromatic heterocycles. The van der Waals surface area contributed by atoms with Gasteiger partial charge in [-0.3, -0.25) is 19.9 Å². The van der Waals surface area contributed by atoms with Gasteiger partial charge in [0.05, 0.1) is 56.0 Å². The van der Waals surface area contributed by atoms with Crippen molar-refractivity contribution in [1.29, 1.82) is 0 Å². The molecule has 0 atom stereocenters. The van der Waals surface area contributed by atoms with Crippen molar-refractivity contribution < 1.29 is 39.3 Å². The first kappa shape index (κ1) is 71.0. The van der Waals surface area contributed by atoms with E-state index in [1.807, 2.05) is 24.5 Å². The molecule has 12 aromatic rings. The van der Waals surface area contributed by atoms with Crippen LogP contribution in [0.3, 0.4) is 0 Å². The largest absolute Gasteiger partial charge is 2.00 e. The van der Waals surface area contributed by atoms with Crippen molar-refractivity contribution in [3.8, 4) is 34.2 Å². The maximum absolute atomic E-state index is 10.8. The number of hydrogen-bond acceptors (Lipinski definition) is 8. The number of aromatic carboxylic acids is 2. The van der Waals surface area contributed by atoms with Gasteiger partial charge in [0.25, 0.3) is 0 Å². The van der Waals surface area contributed by atoms with Gasteiger partial charge in [0.1, 0.15) is 0 Å². The molecule has 95 heavy (non-hydrogen) atoms. The molecule has 0 saturated heterocycles. The summed E-state index contributed by atoms with van der Waals surface area (Å²) in [6, 6.07) is 59.5. The number of carboxylic acids is 2. The predicted molar refractivity (Wildman–Crippen MR) is 395 cm³/mol. The van der Waals surface area contributed by atoms with Crippen LogP contribution in [0.4, 0.5) is 0 Å². The van der Waals surface area contributed by atoms with Crippen molar-refractivity contribution >= 4 is 115 Å². The maximum Gasteiger partial charge on any atom is 2.00 e. The summed E-state index contributed by atoms with van der Waals surface area (Å²) in [4.78, 5) is 39.1. The van der Waals surface area contributed by atoms with Crippen LogP contribution in [0.15, 0.2) is 195 Å². The fourth-order valence-corrected chi connectivity index (χ4v) is 11.1. The van der Waals surface area contributed by atoms with E-state index in [2.05, 4.69) is 284 Å². The summed E-state index contributed by atoms with van der Waals surface area (Å²) in [5.74, 6) is -2.15. The molecule has 2 N–H and O–H groups in total. The van der Waals surface area contributed by atoms with Gasteiger partial charge in [-0.25, -0.2) is 9.59 Å². The zero-order chi connectivity index (χ0) is 67.9. The first-order valence-electron chi connectivity index (χ1n) is 30.7. The van der Waals surface area contributed by atoms with E-state index in [0.717, 1.165) is 45.0 Å². The molecular formula is C80H74N8O4RuS2. The number of carbonyl (C=O) groups is 2. The van der Waals surface area contributed by atoms with Crippen LogP contribution in [0.1, 0.15) is 148 Å². The summed E-state index contributed by atoms with van der Waals surface area (Å²) >= 11 is 7.40. The Morgan fingerprint density at radius 1 is 0.368 bits per heavy atom. The molecule has 12 rings (SSSR count). The Morgan fingerprint density at radius 2 is 0.611 bits per heavy atom. The molecule has 0 fully saturated rings. The summed E-state index contributed by atoms with van der Waals surface area (Å²) in [6.07, 6.45) is 15.1. The van der Waals surface area contributed by atoms with E-state index in [0.29, 0.717) is 11.4 Å². The third kappa shape index (κ3) is 16.8. The van der Waals surface area contributed by atoms with Crippen molar-refractivity contribution in [2.24, 2.45) is 0 Å². The molecule has 0 spiro atoms. The summed E-state index contributed by atoms with van der Waals surface area (Å²) in [5, 5.41) is 39.8. The van der Waals surface area contributed by atoms with Crippen LogP contribution in [-0.2, 0) is 41.1 Å². The Morgan fingerprint density at radius 3 is 0.863 bits per heavy atom. The van der Waals surface area contributed by atoms with Crippen LogP contribution in [0, 0.1) is 0 Å². The number of pyridine rings is 4. The van der Waals surface area contributed by atoms with Gasteiger partial charge >= 0.3 is 31.4 Å². The van der Waals surface area contributed by atoms with E-state index in [9.17, 15) is 9.59 Å². The van der Waals surface area contributed by atoms with Crippen molar-refractivity contribution in [3.63, 3.8) is 0 Å². The fraction of sp³-hybridized carbons (Fsp3) is 0.200. The minimum atomic E-state index is -1.08. The zero-order valence-corrected chi connectivity index (χ0v) is 58.6. The Labute approximate surface area is 579 Å². The van der Waals surface area contributed by atoms with Gasteiger partial charge in [0, 0.05) is 57.7 Å². The SMILES string of the molecule is CC(C)(C)c1ccc2c(c1)c1cc(C(C)(C)C)ccc1n2-c1ccc(/C=C/c2ccnc(-c3cc(/C=C/c4ccc(-n5c6ccc(C(C)(C)C)cc6c6cc(C(C)(C)C)ccc65)cc4)ccn3)c2)cc1.O=C(O)c1ccnc(-c2cc(C(=O)O)ccn2)c1.[N-]=C=S.[N-]=C=S.[Ru+2]. The van der Waals surface area contributed by atoms with Gasteiger partial charge in [0.2, 0.25) is 0 Å². The summed E-state index contributed by atoms with van der Waals surface area (Å²) < 4.78 is 4.82. The molecule has 0 aliphatic heterocycles. The molecule has 0 unspecified atom stereocenters. The van der Waals surface area contributed by atoms with Crippen LogP contribution in [0.5, 0.6) is 0 Å². The van der Waals surface area contributed by atoms with E-state index >= 15 is 0 Å².